The van der Waals surface area contributed by atoms with Crippen molar-refractivity contribution in [2.45, 2.75) is 25.3 Å². The van der Waals surface area contributed by atoms with E-state index in [0.29, 0.717) is 19.6 Å². The highest BCUT2D eigenvalue weighted by molar-refractivity contribution is 7.13. The van der Waals surface area contributed by atoms with Gasteiger partial charge in [0.1, 0.15) is 6.04 Å². The second-order valence-corrected chi connectivity index (χ2v) is 7.62. The number of allylic oxidation sites excluding steroid dienone is 4. The van der Waals surface area contributed by atoms with Gasteiger partial charge in [0, 0.05) is 19.6 Å². The molecule has 134 valence electrons. The summed E-state index contributed by atoms with van der Waals surface area (Å²) in [5, 5.41) is 17.6. The van der Waals surface area contributed by atoms with Gasteiger partial charge in [-0.25, -0.2) is 4.98 Å². The monoisotopic (exact) mass is 367 g/mol. The number of hydrogen-bond acceptors (Lipinski definition) is 6. The Hall–Kier alpha value is -2.43. The summed E-state index contributed by atoms with van der Waals surface area (Å²) in [5.41, 5.74) is 2.60. The summed E-state index contributed by atoms with van der Waals surface area (Å²) in [6.07, 6.45) is 11.3. The van der Waals surface area contributed by atoms with Crippen molar-refractivity contribution >= 4 is 34.0 Å². The van der Waals surface area contributed by atoms with E-state index in [1.165, 1.54) is 15.7 Å². The molecule has 0 bridgehead atoms. The van der Waals surface area contributed by atoms with Gasteiger partial charge >= 0.3 is 0 Å². The fourth-order valence-corrected chi connectivity index (χ4v) is 4.53. The van der Waals surface area contributed by atoms with Crippen LogP contribution in [0.15, 0.2) is 23.8 Å². The average molecular weight is 367 g/mol. The number of likely N-dealkylation sites (tertiary alicyclic amines) is 1. The number of amides is 1. The lowest BCUT2D eigenvalue weighted by atomic mass is 10.0. The third-order valence-corrected chi connectivity index (χ3v) is 5.84. The molecule has 1 aromatic rings. The summed E-state index contributed by atoms with van der Waals surface area (Å²) in [4.78, 5) is 18.5. The van der Waals surface area contributed by atoms with Crippen LogP contribution in [0.4, 0.5) is 5.13 Å². The van der Waals surface area contributed by atoms with Crippen LogP contribution >= 0.6 is 11.3 Å². The summed E-state index contributed by atoms with van der Waals surface area (Å²) in [7, 11) is 0. The number of nitrogens with one attached hydrogen (secondary N) is 2. The number of thiazole rings is 1. The molecule has 0 saturated carbocycles. The van der Waals surface area contributed by atoms with E-state index in [1.807, 2.05) is 0 Å². The lowest BCUT2D eigenvalue weighted by molar-refractivity contribution is -0.130. The molecule has 0 aromatic carbocycles. The highest BCUT2D eigenvalue weighted by Gasteiger charge is 2.27. The van der Waals surface area contributed by atoms with Crippen molar-refractivity contribution in [3.8, 4) is 6.07 Å². The molecule has 3 aliphatic rings. The van der Waals surface area contributed by atoms with E-state index in [9.17, 15) is 4.79 Å². The second-order valence-electron chi connectivity index (χ2n) is 6.59. The Morgan fingerprint density at radius 2 is 2.38 bits per heavy atom. The summed E-state index contributed by atoms with van der Waals surface area (Å²) in [5.74, 6) is 0.0120. The summed E-state index contributed by atoms with van der Waals surface area (Å²) in [6.45, 7) is 2.36. The zero-order chi connectivity index (χ0) is 17.9. The fourth-order valence-electron chi connectivity index (χ4n) is 3.56. The van der Waals surface area contributed by atoms with Crippen molar-refractivity contribution in [2.75, 3.05) is 31.5 Å². The van der Waals surface area contributed by atoms with Gasteiger partial charge in [-0.1, -0.05) is 29.6 Å². The molecule has 1 aromatic heterocycles. The maximum atomic E-state index is 12.1. The van der Waals surface area contributed by atoms with Crippen LogP contribution in [0.5, 0.6) is 0 Å². The molecule has 1 atom stereocenters. The van der Waals surface area contributed by atoms with Crippen molar-refractivity contribution in [2.24, 2.45) is 0 Å². The van der Waals surface area contributed by atoms with Gasteiger partial charge in [-0.3, -0.25) is 4.79 Å². The van der Waals surface area contributed by atoms with Gasteiger partial charge in [-0.15, -0.1) is 0 Å². The first kappa shape index (κ1) is 17.0. The number of nitrogens with zero attached hydrogens (tertiary/aromatic N) is 3. The Morgan fingerprint density at radius 1 is 1.46 bits per heavy atom. The van der Waals surface area contributed by atoms with Crippen molar-refractivity contribution in [1.29, 1.82) is 5.26 Å². The molecular formula is C19H21N5OS. The summed E-state index contributed by atoms with van der Waals surface area (Å²) < 4.78 is 1.22. The zero-order valence-corrected chi connectivity index (χ0v) is 15.3. The van der Waals surface area contributed by atoms with Crippen LogP contribution in [-0.2, 0) is 4.79 Å². The minimum absolute atomic E-state index is 0.0120. The molecule has 1 amide bonds. The fraction of sp³-hybridized carbons (Fsp3) is 0.421. The van der Waals surface area contributed by atoms with Crippen LogP contribution in [0.25, 0.3) is 11.6 Å². The SMILES string of the molecule is N#C[C@@H]1CCCN1C(=O)CNCCNc1nc2c(s1)=CC1=CC=CCC=21. The summed E-state index contributed by atoms with van der Waals surface area (Å²) in [6, 6.07) is 1.95. The Balaban J connectivity index is 1.24. The van der Waals surface area contributed by atoms with Crippen molar-refractivity contribution in [3.05, 3.63) is 33.7 Å². The molecule has 7 heteroatoms. The maximum absolute atomic E-state index is 12.1. The first-order valence-corrected chi connectivity index (χ1v) is 9.80. The number of aromatic nitrogens is 1. The summed E-state index contributed by atoms with van der Waals surface area (Å²) >= 11 is 1.67. The first-order valence-electron chi connectivity index (χ1n) is 8.99. The third-order valence-electron chi connectivity index (χ3n) is 4.88. The molecule has 2 aliphatic carbocycles. The average Bonchev–Trinajstić information content (AvgIpc) is 3.35. The van der Waals surface area contributed by atoms with Crippen LogP contribution < -0.4 is 20.5 Å². The molecule has 6 nitrogen and oxygen atoms in total. The second kappa shape index (κ2) is 7.44. The lowest BCUT2D eigenvalue weighted by Gasteiger charge is -2.19. The standard InChI is InChI=1S/C19H21N5OS/c20-11-14-5-3-9-24(14)17(25)12-21-7-8-22-19-23-18-15-6-2-1-4-13(15)10-16(18)26-19/h1-2,4,10,14,21H,3,5-9,12H2,(H,22,23)/t14-/m0/s1. The number of nitriles is 1. The lowest BCUT2D eigenvalue weighted by Crippen LogP contribution is -2.41. The Kier molecular flexibility index (Phi) is 4.87. The normalized spacial score (nSPS) is 20.3. The van der Waals surface area contributed by atoms with E-state index in [2.05, 4.69) is 41.0 Å². The van der Waals surface area contributed by atoms with E-state index in [4.69, 9.17) is 10.2 Å². The molecule has 4 rings (SSSR count). The van der Waals surface area contributed by atoms with Gasteiger partial charge in [-0.05, 0) is 36.5 Å². The van der Waals surface area contributed by atoms with Crippen molar-refractivity contribution in [3.63, 3.8) is 0 Å². The number of carbonyl (C=O) groups is 1. The Bertz CT molecular complexity index is 936. The first-order chi connectivity index (χ1) is 12.8. The van der Waals surface area contributed by atoms with Crippen LogP contribution in [0.3, 0.4) is 0 Å². The molecule has 1 aliphatic heterocycles. The molecule has 0 radical (unpaired) electrons. The highest BCUT2D eigenvalue weighted by Crippen LogP contribution is 2.23. The van der Waals surface area contributed by atoms with E-state index in [0.717, 1.165) is 29.7 Å². The zero-order valence-electron chi connectivity index (χ0n) is 14.5. The molecule has 1 saturated heterocycles. The number of fused-ring (bicyclic) bond motifs is 2. The van der Waals surface area contributed by atoms with Gasteiger partial charge in [0.15, 0.2) is 5.13 Å². The molecule has 2 N–H and O–H groups in total. The van der Waals surface area contributed by atoms with Crippen LogP contribution in [0.2, 0.25) is 0 Å². The molecule has 0 spiro atoms. The van der Waals surface area contributed by atoms with Crippen LogP contribution in [-0.4, -0.2) is 48.0 Å². The van der Waals surface area contributed by atoms with Gasteiger partial charge in [0.05, 0.1) is 22.5 Å². The third kappa shape index (κ3) is 3.30. The molecular weight excluding hydrogens is 346 g/mol. The van der Waals surface area contributed by atoms with Crippen molar-refractivity contribution < 1.29 is 4.79 Å². The predicted octanol–water partition coefficient (Wildman–Crippen LogP) is 0.490. The van der Waals surface area contributed by atoms with E-state index >= 15 is 0 Å². The largest absolute Gasteiger partial charge is 0.360 e. The molecule has 1 fully saturated rings. The topological polar surface area (TPSA) is 81.0 Å². The molecule has 2 heterocycles. The molecule has 0 unspecified atom stereocenters. The maximum Gasteiger partial charge on any atom is 0.237 e. The number of carbonyl (C=O) groups excluding carboxylic acids is 1. The van der Waals surface area contributed by atoms with E-state index < -0.39 is 0 Å². The van der Waals surface area contributed by atoms with Gasteiger partial charge < -0.3 is 15.5 Å². The molecule has 26 heavy (non-hydrogen) atoms. The minimum Gasteiger partial charge on any atom is -0.360 e. The Labute approximate surface area is 156 Å². The predicted molar refractivity (Wildman–Crippen MR) is 103 cm³/mol. The van der Waals surface area contributed by atoms with Gasteiger partial charge in [0.2, 0.25) is 5.91 Å². The smallest absolute Gasteiger partial charge is 0.237 e. The quantitative estimate of drug-likeness (QED) is 0.716. The Morgan fingerprint density at radius 3 is 3.27 bits per heavy atom. The van der Waals surface area contributed by atoms with Crippen LogP contribution in [0, 0.1) is 11.3 Å². The van der Waals surface area contributed by atoms with Crippen LogP contribution in [0.1, 0.15) is 19.3 Å². The highest BCUT2D eigenvalue weighted by atomic mass is 32.1. The number of anilines is 1. The number of hydrogen-bond donors (Lipinski definition) is 2. The van der Waals surface area contributed by atoms with Crippen molar-refractivity contribution in [1.82, 2.24) is 15.2 Å². The minimum atomic E-state index is -0.248. The van der Waals surface area contributed by atoms with Gasteiger partial charge in [0.25, 0.3) is 0 Å². The van der Waals surface area contributed by atoms with Gasteiger partial charge in [-0.2, -0.15) is 5.26 Å². The van der Waals surface area contributed by atoms with E-state index in [1.54, 1.807) is 16.2 Å². The van der Waals surface area contributed by atoms with E-state index in [-0.39, 0.29) is 18.5 Å². The number of rotatable bonds is 6.